The van der Waals surface area contributed by atoms with Crippen LogP contribution in [0, 0.1) is 6.92 Å². The van der Waals surface area contributed by atoms with E-state index in [9.17, 15) is 8.42 Å². The van der Waals surface area contributed by atoms with Gasteiger partial charge in [0.25, 0.3) is 0 Å². The van der Waals surface area contributed by atoms with E-state index in [0.717, 1.165) is 11.3 Å². The molecule has 0 spiro atoms. The predicted octanol–water partition coefficient (Wildman–Crippen LogP) is 2.01. The van der Waals surface area contributed by atoms with E-state index in [0.29, 0.717) is 12.6 Å². The van der Waals surface area contributed by atoms with Gasteiger partial charge in [0.2, 0.25) is 16.0 Å². The number of anilines is 1. The maximum Gasteiger partial charge on any atom is 0.240 e. The molecule has 2 saturated heterocycles. The van der Waals surface area contributed by atoms with Gasteiger partial charge in [0.15, 0.2) is 0 Å². The molecular formula is C21H28N4O4S. The van der Waals surface area contributed by atoms with Crippen LogP contribution in [0.5, 0.6) is 0 Å². The number of fused-ring (bicyclic) bond motifs is 1. The van der Waals surface area contributed by atoms with Crippen molar-refractivity contribution in [2.24, 2.45) is 0 Å². The fourth-order valence-electron chi connectivity index (χ4n) is 3.72. The fourth-order valence-corrected chi connectivity index (χ4v) is 4.95. The summed E-state index contributed by atoms with van der Waals surface area (Å²) in [6, 6.07) is 8.06. The number of ether oxygens (including phenoxy) is 2. The zero-order valence-corrected chi connectivity index (χ0v) is 18.4. The first-order chi connectivity index (χ1) is 14.1. The molecule has 1 aromatic heterocycles. The highest BCUT2D eigenvalue weighted by Crippen LogP contribution is 2.30. The molecule has 3 heterocycles. The average molecular weight is 433 g/mol. The molecule has 0 radical (unpaired) electrons. The Labute approximate surface area is 177 Å². The molecule has 9 heteroatoms. The lowest BCUT2D eigenvalue weighted by Gasteiger charge is -2.21. The maximum atomic E-state index is 12.7. The van der Waals surface area contributed by atoms with Gasteiger partial charge in [0, 0.05) is 11.6 Å². The second-order valence-corrected chi connectivity index (χ2v) is 10.6. The van der Waals surface area contributed by atoms with Crippen molar-refractivity contribution in [3.63, 3.8) is 0 Å². The standard InChI is InChI=1S/C21H28N4O4S/c1-13-5-7-14(8-6-13)30(26,27)25-16-12-29-18-15(11-28-19(16)18)23-20-22-10-9-17(24-20)21(2,3)4/h5-10,15-16,18-19,25H,11-12H2,1-4H3,(H,22,23,24)/t15-,16-,18+,19+/m0/s1. The van der Waals surface area contributed by atoms with Crippen molar-refractivity contribution >= 4 is 16.0 Å². The van der Waals surface area contributed by atoms with Crippen molar-refractivity contribution in [3.05, 3.63) is 47.8 Å². The molecule has 1 aromatic carbocycles. The Balaban J connectivity index is 1.43. The van der Waals surface area contributed by atoms with Crippen molar-refractivity contribution in [2.75, 3.05) is 18.5 Å². The summed E-state index contributed by atoms with van der Waals surface area (Å²) in [5.41, 5.74) is 1.85. The molecule has 0 bridgehead atoms. The van der Waals surface area contributed by atoms with Crippen LogP contribution in [0.1, 0.15) is 32.0 Å². The Kier molecular flexibility index (Phi) is 5.56. The normalized spacial score (nSPS) is 26.5. The van der Waals surface area contributed by atoms with Gasteiger partial charge in [-0.2, -0.15) is 0 Å². The molecule has 4 atom stereocenters. The first kappa shape index (κ1) is 21.2. The Morgan fingerprint density at radius 2 is 1.63 bits per heavy atom. The minimum atomic E-state index is -3.65. The zero-order chi connectivity index (χ0) is 21.5. The largest absolute Gasteiger partial charge is 0.371 e. The topological polar surface area (TPSA) is 102 Å². The number of hydrogen-bond donors (Lipinski definition) is 2. The third kappa shape index (κ3) is 4.34. The number of aromatic nitrogens is 2. The summed E-state index contributed by atoms with van der Waals surface area (Å²) in [6.45, 7) is 8.85. The molecule has 0 unspecified atom stereocenters. The van der Waals surface area contributed by atoms with Gasteiger partial charge in [-0.25, -0.2) is 23.1 Å². The summed E-state index contributed by atoms with van der Waals surface area (Å²) in [5.74, 6) is 0.518. The van der Waals surface area contributed by atoms with E-state index in [1.807, 2.05) is 13.0 Å². The van der Waals surface area contributed by atoms with Crippen LogP contribution in [0.15, 0.2) is 41.4 Å². The van der Waals surface area contributed by atoms with Crippen molar-refractivity contribution in [1.29, 1.82) is 0 Å². The molecule has 0 saturated carbocycles. The number of nitrogens with zero attached hydrogens (tertiary/aromatic N) is 2. The molecule has 2 aliphatic rings. The highest BCUT2D eigenvalue weighted by molar-refractivity contribution is 7.89. The first-order valence-electron chi connectivity index (χ1n) is 10.1. The van der Waals surface area contributed by atoms with Crippen molar-refractivity contribution in [3.8, 4) is 0 Å². The van der Waals surface area contributed by atoms with Crippen LogP contribution in [0.25, 0.3) is 0 Å². The lowest BCUT2D eigenvalue weighted by Crippen LogP contribution is -2.44. The van der Waals surface area contributed by atoms with E-state index in [4.69, 9.17) is 9.47 Å². The summed E-state index contributed by atoms with van der Waals surface area (Å²) in [7, 11) is -3.65. The molecule has 0 aliphatic carbocycles. The monoisotopic (exact) mass is 432 g/mol. The molecule has 2 fully saturated rings. The number of nitrogens with one attached hydrogen (secondary N) is 2. The molecule has 2 aromatic rings. The van der Waals surface area contributed by atoms with Crippen LogP contribution in [0.3, 0.4) is 0 Å². The molecular weight excluding hydrogens is 404 g/mol. The van der Waals surface area contributed by atoms with Gasteiger partial charge >= 0.3 is 0 Å². The van der Waals surface area contributed by atoms with E-state index in [2.05, 4.69) is 40.8 Å². The summed E-state index contributed by atoms with van der Waals surface area (Å²) >= 11 is 0. The number of rotatable bonds is 5. The van der Waals surface area contributed by atoms with Crippen LogP contribution in [-0.2, 0) is 24.9 Å². The zero-order valence-electron chi connectivity index (χ0n) is 17.6. The molecule has 2 N–H and O–H groups in total. The van der Waals surface area contributed by atoms with Gasteiger partial charge in [0.1, 0.15) is 12.2 Å². The summed E-state index contributed by atoms with van der Waals surface area (Å²) in [5, 5.41) is 3.30. The number of sulfonamides is 1. The highest BCUT2D eigenvalue weighted by atomic mass is 32.2. The van der Waals surface area contributed by atoms with Gasteiger partial charge in [0.05, 0.1) is 35.9 Å². The molecule has 4 rings (SSSR count). The van der Waals surface area contributed by atoms with E-state index in [1.165, 1.54) is 0 Å². The van der Waals surface area contributed by atoms with Crippen molar-refractivity contribution < 1.29 is 17.9 Å². The highest BCUT2D eigenvalue weighted by Gasteiger charge is 2.49. The molecule has 162 valence electrons. The summed E-state index contributed by atoms with van der Waals surface area (Å²) < 4.78 is 40.0. The Bertz CT molecular complexity index is 1000. The number of aryl methyl sites for hydroxylation is 1. The predicted molar refractivity (Wildman–Crippen MR) is 113 cm³/mol. The van der Waals surface area contributed by atoms with Gasteiger partial charge in [-0.3, -0.25) is 0 Å². The van der Waals surface area contributed by atoms with Crippen LogP contribution in [-0.4, -0.2) is 55.9 Å². The second-order valence-electron chi connectivity index (χ2n) is 8.90. The number of hydrogen-bond acceptors (Lipinski definition) is 7. The van der Waals surface area contributed by atoms with Gasteiger partial charge in [-0.15, -0.1) is 0 Å². The minimum Gasteiger partial charge on any atom is -0.371 e. The Morgan fingerprint density at radius 3 is 2.30 bits per heavy atom. The van der Waals surface area contributed by atoms with Crippen LogP contribution < -0.4 is 10.0 Å². The minimum absolute atomic E-state index is 0.0860. The van der Waals surface area contributed by atoms with E-state index in [-0.39, 0.29) is 35.2 Å². The van der Waals surface area contributed by atoms with Gasteiger partial charge in [-0.05, 0) is 25.1 Å². The SMILES string of the molecule is Cc1ccc(S(=O)(=O)N[C@H]2CO[C@H]3[C@@H]2OC[C@@H]3Nc2nccc(C(C)(C)C)n2)cc1. The lowest BCUT2D eigenvalue weighted by atomic mass is 9.92. The Hall–Kier alpha value is -2.07. The average Bonchev–Trinajstić information content (AvgIpc) is 3.25. The van der Waals surface area contributed by atoms with E-state index >= 15 is 0 Å². The smallest absolute Gasteiger partial charge is 0.240 e. The number of benzene rings is 1. The van der Waals surface area contributed by atoms with Gasteiger partial charge in [-0.1, -0.05) is 38.5 Å². The lowest BCUT2D eigenvalue weighted by molar-refractivity contribution is 0.0690. The van der Waals surface area contributed by atoms with Crippen molar-refractivity contribution in [1.82, 2.24) is 14.7 Å². The maximum absolute atomic E-state index is 12.7. The third-order valence-corrected chi connectivity index (χ3v) is 6.94. The molecule has 30 heavy (non-hydrogen) atoms. The summed E-state index contributed by atoms with van der Waals surface area (Å²) in [6.07, 6.45) is 1.09. The summed E-state index contributed by atoms with van der Waals surface area (Å²) in [4.78, 5) is 9.15. The van der Waals surface area contributed by atoms with Crippen LogP contribution >= 0.6 is 0 Å². The van der Waals surface area contributed by atoms with E-state index in [1.54, 1.807) is 30.5 Å². The quantitative estimate of drug-likeness (QED) is 0.745. The second kappa shape index (κ2) is 7.88. The third-order valence-electron chi connectivity index (χ3n) is 5.43. The Morgan fingerprint density at radius 1 is 1.00 bits per heavy atom. The van der Waals surface area contributed by atoms with Gasteiger partial charge < -0.3 is 14.8 Å². The van der Waals surface area contributed by atoms with Crippen LogP contribution in [0.4, 0.5) is 5.95 Å². The van der Waals surface area contributed by atoms with E-state index < -0.39 is 16.1 Å². The van der Waals surface area contributed by atoms with Crippen LogP contribution in [0.2, 0.25) is 0 Å². The molecule has 8 nitrogen and oxygen atoms in total. The fraction of sp³-hybridized carbons (Fsp3) is 0.524. The molecule has 0 amide bonds. The first-order valence-corrected chi connectivity index (χ1v) is 11.5. The van der Waals surface area contributed by atoms with Crippen molar-refractivity contribution in [2.45, 2.75) is 62.3 Å². The molecule has 2 aliphatic heterocycles.